The maximum absolute atomic E-state index is 12.5. The van der Waals surface area contributed by atoms with Crippen molar-refractivity contribution >= 4 is 23.6 Å². The number of fused-ring (bicyclic) bond motifs is 1. The number of carbonyl (C=O) groups is 1. The Morgan fingerprint density at radius 2 is 2.25 bits per heavy atom. The van der Waals surface area contributed by atoms with Crippen molar-refractivity contribution < 1.29 is 14.6 Å². The quantitative estimate of drug-likeness (QED) is 0.927. The predicted octanol–water partition coefficient (Wildman–Crippen LogP) is 2.35. The van der Waals surface area contributed by atoms with Crippen LogP contribution in [-0.2, 0) is 4.79 Å². The number of benzene rings is 1. The normalized spacial score (nSPS) is 13.6. The summed E-state index contributed by atoms with van der Waals surface area (Å²) in [6.07, 6.45) is 1.81. The first-order valence-electron chi connectivity index (χ1n) is 6.57. The van der Waals surface area contributed by atoms with Crippen molar-refractivity contribution in [2.45, 2.75) is 19.9 Å². The summed E-state index contributed by atoms with van der Waals surface area (Å²) in [6, 6.07) is 5.35. The van der Waals surface area contributed by atoms with Crippen LogP contribution in [0, 0.1) is 0 Å². The van der Waals surface area contributed by atoms with Crippen molar-refractivity contribution in [3.63, 3.8) is 0 Å². The Kier molecular flexibility index (Phi) is 4.68. The molecule has 0 spiro atoms. The Morgan fingerprint density at radius 3 is 2.90 bits per heavy atom. The standard InChI is InChI=1S/C15H18ClNO3/c1-10(2)17(5-6-18)15(19)12-7-11-8-13(16)3-4-14(11)20-9-12/h3-4,7-8,10,18H,5-6,9H2,1-2H3. The van der Waals surface area contributed by atoms with Gasteiger partial charge in [0.25, 0.3) is 5.91 Å². The third-order valence-corrected chi connectivity index (χ3v) is 3.42. The van der Waals surface area contributed by atoms with E-state index in [-0.39, 0.29) is 25.2 Å². The largest absolute Gasteiger partial charge is 0.488 e. The molecule has 0 bridgehead atoms. The van der Waals surface area contributed by atoms with Gasteiger partial charge in [0.05, 0.1) is 12.2 Å². The van der Waals surface area contributed by atoms with Gasteiger partial charge in [-0.15, -0.1) is 0 Å². The Hall–Kier alpha value is -1.52. The second kappa shape index (κ2) is 6.29. The molecule has 0 aliphatic carbocycles. The van der Waals surface area contributed by atoms with Crippen LogP contribution < -0.4 is 4.74 Å². The molecule has 1 aliphatic heterocycles. The second-order valence-corrected chi connectivity index (χ2v) is 5.39. The van der Waals surface area contributed by atoms with E-state index < -0.39 is 0 Å². The third kappa shape index (κ3) is 3.14. The lowest BCUT2D eigenvalue weighted by Gasteiger charge is -2.28. The van der Waals surface area contributed by atoms with Crippen molar-refractivity contribution in [3.8, 4) is 5.75 Å². The van der Waals surface area contributed by atoms with Gasteiger partial charge >= 0.3 is 0 Å². The monoisotopic (exact) mass is 295 g/mol. The Bertz CT molecular complexity index is 540. The van der Waals surface area contributed by atoms with Gasteiger partial charge in [-0.25, -0.2) is 0 Å². The van der Waals surface area contributed by atoms with E-state index in [0.717, 1.165) is 11.3 Å². The minimum Gasteiger partial charge on any atom is -0.488 e. The summed E-state index contributed by atoms with van der Waals surface area (Å²) in [5, 5.41) is 9.67. The molecule has 20 heavy (non-hydrogen) atoms. The van der Waals surface area contributed by atoms with E-state index in [9.17, 15) is 4.79 Å². The fourth-order valence-corrected chi connectivity index (χ4v) is 2.34. The molecule has 1 heterocycles. The van der Waals surface area contributed by atoms with E-state index in [1.807, 2.05) is 13.8 Å². The van der Waals surface area contributed by atoms with Crippen molar-refractivity contribution in [2.75, 3.05) is 19.8 Å². The van der Waals surface area contributed by atoms with Gasteiger partial charge in [0, 0.05) is 23.2 Å². The van der Waals surface area contributed by atoms with E-state index in [4.69, 9.17) is 21.4 Å². The summed E-state index contributed by atoms with van der Waals surface area (Å²) in [5.41, 5.74) is 1.38. The highest BCUT2D eigenvalue weighted by molar-refractivity contribution is 6.30. The number of amides is 1. The molecule has 0 saturated carbocycles. The zero-order chi connectivity index (χ0) is 14.7. The van der Waals surface area contributed by atoms with Crippen molar-refractivity contribution in [3.05, 3.63) is 34.4 Å². The molecule has 0 aromatic heterocycles. The number of carbonyl (C=O) groups excluding carboxylic acids is 1. The van der Waals surface area contributed by atoms with Crippen LogP contribution in [0.4, 0.5) is 0 Å². The van der Waals surface area contributed by atoms with Crippen LogP contribution in [-0.4, -0.2) is 41.7 Å². The molecule has 1 aromatic carbocycles. The van der Waals surface area contributed by atoms with Crippen LogP contribution in [0.15, 0.2) is 23.8 Å². The highest BCUT2D eigenvalue weighted by Crippen LogP contribution is 2.29. The van der Waals surface area contributed by atoms with Crippen LogP contribution in [0.3, 0.4) is 0 Å². The molecule has 1 aliphatic rings. The molecular formula is C15H18ClNO3. The molecule has 1 amide bonds. The minimum absolute atomic E-state index is 0.0244. The van der Waals surface area contributed by atoms with Crippen molar-refractivity contribution in [1.82, 2.24) is 4.90 Å². The molecule has 1 aromatic rings. The van der Waals surface area contributed by atoms with Gasteiger partial charge in [-0.3, -0.25) is 4.79 Å². The number of nitrogens with zero attached hydrogens (tertiary/aromatic N) is 1. The van der Waals surface area contributed by atoms with E-state index in [0.29, 0.717) is 17.1 Å². The zero-order valence-corrected chi connectivity index (χ0v) is 12.4. The molecule has 0 radical (unpaired) electrons. The van der Waals surface area contributed by atoms with Crippen molar-refractivity contribution in [2.24, 2.45) is 0 Å². The van der Waals surface area contributed by atoms with Crippen LogP contribution in [0.2, 0.25) is 5.02 Å². The Labute approximate surface area is 123 Å². The van der Waals surface area contributed by atoms with E-state index >= 15 is 0 Å². The van der Waals surface area contributed by atoms with Crippen molar-refractivity contribution in [1.29, 1.82) is 0 Å². The van der Waals surface area contributed by atoms with Crippen LogP contribution >= 0.6 is 11.6 Å². The van der Waals surface area contributed by atoms with Crippen LogP contribution in [0.1, 0.15) is 19.4 Å². The average Bonchev–Trinajstić information content (AvgIpc) is 2.42. The SMILES string of the molecule is CC(C)N(CCO)C(=O)C1=Cc2cc(Cl)ccc2OC1. The number of ether oxygens (including phenoxy) is 1. The molecule has 4 nitrogen and oxygen atoms in total. The summed E-state index contributed by atoms with van der Waals surface area (Å²) in [7, 11) is 0. The molecule has 0 atom stereocenters. The van der Waals surface area contributed by atoms with E-state index in [1.54, 1.807) is 29.2 Å². The summed E-state index contributed by atoms with van der Waals surface area (Å²) in [6.45, 7) is 4.34. The molecule has 2 rings (SSSR count). The molecule has 0 fully saturated rings. The van der Waals surface area contributed by atoms with Gasteiger partial charge in [-0.2, -0.15) is 0 Å². The number of aliphatic hydroxyl groups excluding tert-OH is 1. The maximum atomic E-state index is 12.5. The molecule has 0 unspecified atom stereocenters. The lowest BCUT2D eigenvalue weighted by atomic mass is 10.1. The van der Waals surface area contributed by atoms with Gasteiger partial charge < -0.3 is 14.7 Å². The summed E-state index contributed by atoms with van der Waals surface area (Å²) < 4.78 is 5.58. The number of rotatable bonds is 4. The first kappa shape index (κ1) is 14.9. The topological polar surface area (TPSA) is 49.8 Å². The van der Waals surface area contributed by atoms with Crippen LogP contribution in [0.5, 0.6) is 5.75 Å². The van der Waals surface area contributed by atoms with Gasteiger partial charge in [0.15, 0.2) is 0 Å². The number of hydrogen-bond donors (Lipinski definition) is 1. The smallest absolute Gasteiger partial charge is 0.253 e. The average molecular weight is 296 g/mol. The maximum Gasteiger partial charge on any atom is 0.253 e. The fourth-order valence-electron chi connectivity index (χ4n) is 2.16. The number of aliphatic hydroxyl groups is 1. The minimum atomic E-state index is -0.111. The molecule has 108 valence electrons. The third-order valence-electron chi connectivity index (χ3n) is 3.18. The van der Waals surface area contributed by atoms with E-state index in [2.05, 4.69) is 0 Å². The zero-order valence-electron chi connectivity index (χ0n) is 11.6. The highest BCUT2D eigenvalue weighted by Gasteiger charge is 2.23. The summed E-state index contributed by atoms with van der Waals surface area (Å²) in [5.74, 6) is 0.615. The van der Waals surface area contributed by atoms with Gasteiger partial charge in [0.1, 0.15) is 12.4 Å². The molecule has 0 saturated heterocycles. The van der Waals surface area contributed by atoms with Crippen LogP contribution in [0.25, 0.3) is 6.08 Å². The fraction of sp³-hybridized carbons (Fsp3) is 0.400. The number of halogens is 1. The van der Waals surface area contributed by atoms with Gasteiger partial charge in [-0.1, -0.05) is 11.6 Å². The molecule has 1 N–H and O–H groups in total. The first-order valence-corrected chi connectivity index (χ1v) is 6.95. The lowest BCUT2D eigenvalue weighted by molar-refractivity contribution is -0.129. The Morgan fingerprint density at radius 1 is 1.50 bits per heavy atom. The Balaban J connectivity index is 2.27. The highest BCUT2D eigenvalue weighted by atomic mass is 35.5. The summed E-state index contributed by atoms with van der Waals surface area (Å²) >= 11 is 5.95. The van der Waals surface area contributed by atoms with E-state index in [1.165, 1.54) is 0 Å². The van der Waals surface area contributed by atoms with Gasteiger partial charge in [0.2, 0.25) is 0 Å². The second-order valence-electron chi connectivity index (χ2n) is 4.96. The summed E-state index contributed by atoms with van der Waals surface area (Å²) in [4.78, 5) is 14.1. The molecule has 5 heteroatoms. The predicted molar refractivity (Wildman–Crippen MR) is 78.9 cm³/mol. The molecular weight excluding hydrogens is 278 g/mol. The lowest BCUT2D eigenvalue weighted by Crippen LogP contribution is -2.41. The number of hydrogen-bond acceptors (Lipinski definition) is 3. The van der Waals surface area contributed by atoms with Gasteiger partial charge in [-0.05, 0) is 38.1 Å². The first-order chi connectivity index (χ1) is 9.52.